The summed E-state index contributed by atoms with van der Waals surface area (Å²) in [5.74, 6) is 0.551. The smallest absolute Gasteiger partial charge is 0.227 e. The van der Waals surface area contributed by atoms with Crippen LogP contribution in [0.5, 0.6) is 0 Å². The third kappa shape index (κ3) is 5.29. The topological polar surface area (TPSA) is 84.2 Å². The van der Waals surface area contributed by atoms with E-state index < -0.39 is 11.7 Å². The van der Waals surface area contributed by atoms with Crippen LogP contribution in [0.1, 0.15) is 31.2 Å². The Morgan fingerprint density at radius 1 is 1.15 bits per heavy atom. The largest absolute Gasteiger partial charge is 0.396 e. The zero-order valence-electron chi connectivity index (χ0n) is 16.0. The fraction of sp³-hybridized carbons (Fsp3) is 0.667. The van der Waals surface area contributed by atoms with E-state index in [2.05, 4.69) is 4.90 Å². The minimum Gasteiger partial charge on any atom is -0.396 e. The van der Waals surface area contributed by atoms with Gasteiger partial charge >= 0.3 is 0 Å². The maximum atomic E-state index is 12.5. The molecule has 0 aliphatic carbocycles. The molecule has 2 saturated heterocycles. The number of carbonyl (C=O) groups is 1. The fourth-order valence-corrected chi connectivity index (χ4v) is 4.26. The van der Waals surface area contributed by atoms with E-state index in [1.807, 2.05) is 30.3 Å². The summed E-state index contributed by atoms with van der Waals surface area (Å²) in [6, 6.07) is 9.60. The van der Waals surface area contributed by atoms with Crippen LogP contribution in [0.2, 0.25) is 0 Å². The van der Waals surface area contributed by atoms with Crippen LogP contribution < -0.4 is 0 Å². The van der Waals surface area contributed by atoms with Crippen LogP contribution in [-0.2, 0) is 11.2 Å². The van der Waals surface area contributed by atoms with E-state index in [9.17, 15) is 15.0 Å². The van der Waals surface area contributed by atoms with Crippen LogP contribution in [-0.4, -0.2) is 82.1 Å². The molecular weight excluding hydrogens is 344 g/mol. The first kappa shape index (κ1) is 20.3. The lowest BCUT2D eigenvalue weighted by Crippen LogP contribution is -2.61. The van der Waals surface area contributed by atoms with Gasteiger partial charge in [0.25, 0.3) is 0 Å². The van der Waals surface area contributed by atoms with Crippen molar-refractivity contribution in [2.45, 2.75) is 43.8 Å². The number of hydrogen-bond acceptors (Lipinski definition) is 5. The minimum atomic E-state index is -1.16. The number of nitrogens with zero attached hydrogens (tertiary/aromatic N) is 2. The van der Waals surface area contributed by atoms with Crippen molar-refractivity contribution in [2.24, 2.45) is 5.92 Å². The van der Waals surface area contributed by atoms with Crippen LogP contribution in [0.4, 0.5) is 0 Å². The molecule has 150 valence electrons. The highest BCUT2D eigenvalue weighted by Gasteiger charge is 2.43. The lowest BCUT2D eigenvalue weighted by atomic mass is 9.86. The molecule has 0 saturated carbocycles. The number of benzene rings is 1. The van der Waals surface area contributed by atoms with E-state index in [4.69, 9.17) is 5.11 Å². The molecule has 2 atom stereocenters. The first-order valence-electron chi connectivity index (χ1n) is 10.1. The number of aliphatic hydroxyl groups is 3. The second kappa shape index (κ2) is 9.15. The molecule has 0 spiro atoms. The van der Waals surface area contributed by atoms with Crippen LogP contribution in [0.25, 0.3) is 0 Å². The third-order valence-electron chi connectivity index (χ3n) is 6.12. The average Bonchev–Trinajstić information content (AvgIpc) is 2.67. The summed E-state index contributed by atoms with van der Waals surface area (Å²) < 4.78 is 0. The van der Waals surface area contributed by atoms with E-state index in [1.54, 1.807) is 4.90 Å². The van der Waals surface area contributed by atoms with Crippen LogP contribution >= 0.6 is 0 Å². The Morgan fingerprint density at radius 2 is 1.85 bits per heavy atom. The van der Waals surface area contributed by atoms with Crippen molar-refractivity contribution in [3.05, 3.63) is 35.9 Å². The quantitative estimate of drug-likeness (QED) is 0.679. The number of hydrogen-bond donors (Lipinski definition) is 3. The number of aliphatic hydroxyl groups excluding tert-OH is 2. The molecule has 6 heteroatoms. The molecule has 2 fully saturated rings. The molecule has 0 radical (unpaired) electrons. The molecule has 1 amide bonds. The molecule has 6 nitrogen and oxygen atoms in total. The van der Waals surface area contributed by atoms with Crippen LogP contribution in [0.15, 0.2) is 30.3 Å². The number of β-amino-alcohol motifs (C(OH)–C–C–N with tert-alkyl or cyclic N) is 2. The van der Waals surface area contributed by atoms with Crippen molar-refractivity contribution in [1.82, 2.24) is 9.80 Å². The Morgan fingerprint density at radius 3 is 2.48 bits per heavy atom. The molecule has 3 rings (SSSR count). The lowest BCUT2D eigenvalue weighted by Gasteiger charge is -2.45. The van der Waals surface area contributed by atoms with Gasteiger partial charge in [-0.15, -0.1) is 0 Å². The number of rotatable bonds is 6. The number of likely N-dealkylation sites (tertiary alicyclic amines) is 2. The minimum absolute atomic E-state index is 0.00730. The second-order valence-corrected chi connectivity index (χ2v) is 8.10. The Hall–Kier alpha value is -1.47. The van der Waals surface area contributed by atoms with Gasteiger partial charge in [-0.2, -0.15) is 0 Å². The molecule has 1 aromatic rings. The van der Waals surface area contributed by atoms with Gasteiger partial charge in [0, 0.05) is 26.2 Å². The Bertz CT molecular complexity index is 603. The van der Waals surface area contributed by atoms with E-state index in [1.165, 1.54) is 0 Å². The summed E-state index contributed by atoms with van der Waals surface area (Å²) in [4.78, 5) is 16.4. The van der Waals surface area contributed by atoms with Crippen molar-refractivity contribution >= 4 is 5.91 Å². The van der Waals surface area contributed by atoms with Gasteiger partial charge in [0.2, 0.25) is 5.91 Å². The Kier molecular flexibility index (Phi) is 6.87. The molecule has 2 aliphatic heterocycles. The van der Waals surface area contributed by atoms with Gasteiger partial charge in [0.1, 0.15) is 11.7 Å². The van der Waals surface area contributed by atoms with E-state index in [-0.39, 0.29) is 19.1 Å². The van der Waals surface area contributed by atoms with E-state index in [0.717, 1.165) is 37.9 Å². The first-order valence-corrected chi connectivity index (χ1v) is 10.1. The highest BCUT2D eigenvalue weighted by Crippen LogP contribution is 2.27. The maximum Gasteiger partial charge on any atom is 0.227 e. The molecule has 0 bridgehead atoms. The van der Waals surface area contributed by atoms with Crippen molar-refractivity contribution in [1.29, 1.82) is 0 Å². The van der Waals surface area contributed by atoms with Gasteiger partial charge < -0.3 is 25.1 Å². The molecule has 1 aromatic carbocycles. The fourth-order valence-electron chi connectivity index (χ4n) is 4.26. The van der Waals surface area contributed by atoms with Crippen molar-refractivity contribution in [3.63, 3.8) is 0 Å². The molecule has 0 unspecified atom stereocenters. The van der Waals surface area contributed by atoms with Gasteiger partial charge in [-0.1, -0.05) is 30.3 Å². The monoisotopic (exact) mass is 376 g/mol. The van der Waals surface area contributed by atoms with E-state index in [0.29, 0.717) is 31.8 Å². The Labute approximate surface area is 161 Å². The molecule has 3 N–H and O–H groups in total. The molecule has 0 aromatic heterocycles. The first-order chi connectivity index (χ1) is 13.0. The van der Waals surface area contributed by atoms with Crippen LogP contribution in [0, 0.1) is 5.92 Å². The normalized spacial score (nSPS) is 27.7. The Balaban J connectivity index is 1.49. The molecule has 27 heavy (non-hydrogen) atoms. The second-order valence-electron chi connectivity index (χ2n) is 8.10. The third-order valence-corrected chi connectivity index (χ3v) is 6.12. The molecular formula is C21H32N2O4. The van der Waals surface area contributed by atoms with Crippen molar-refractivity contribution < 1.29 is 20.1 Å². The summed E-state index contributed by atoms with van der Waals surface area (Å²) in [7, 11) is 0. The highest BCUT2D eigenvalue weighted by molar-refractivity contribution is 5.79. The number of piperidine rings is 2. The van der Waals surface area contributed by atoms with Crippen LogP contribution in [0.3, 0.4) is 0 Å². The summed E-state index contributed by atoms with van der Waals surface area (Å²) in [6.07, 6.45) is 2.68. The average molecular weight is 376 g/mol. The van der Waals surface area contributed by atoms with Gasteiger partial charge in [-0.25, -0.2) is 0 Å². The summed E-state index contributed by atoms with van der Waals surface area (Å²) in [5.41, 5.74) is -0.198. The van der Waals surface area contributed by atoms with Gasteiger partial charge in [-0.05, 0) is 50.3 Å². The maximum absolute atomic E-state index is 12.5. The van der Waals surface area contributed by atoms with Crippen molar-refractivity contribution in [2.75, 3.05) is 39.3 Å². The SMILES string of the molecule is O=C(Cc1ccccc1)N1CC[C@](O)(CN2CCC(CCO)CC2)[C@@H](O)C1. The zero-order valence-corrected chi connectivity index (χ0v) is 16.0. The molecule has 2 aliphatic rings. The van der Waals surface area contributed by atoms with Crippen molar-refractivity contribution in [3.8, 4) is 0 Å². The summed E-state index contributed by atoms with van der Waals surface area (Å²) >= 11 is 0. The van der Waals surface area contributed by atoms with Gasteiger partial charge in [0.15, 0.2) is 0 Å². The summed E-state index contributed by atoms with van der Waals surface area (Å²) in [6.45, 7) is 3.11. The van der Waals surface area contributed by atoms with Gasteiger partial charge in [-0.3, -0.25) is 4.79 Å². The number of amides is 1. The zero-order chi connectivity index (χ0) is 19.3. The predicted octanol–water partition coefficient (Wildman–Crippen LogP) is 0.648. The highest BCUT2D eigenvalue weighted by atomic mass is 16.3. The predicted molar refractivity (Wildman–Crippen MR) is 103 cm³/mol. The summed E-state index contributed by atoms with van der Waals surface area (Å²) in [5, 5.41) is 30.6. The standard InChI is InChI=1S/C21H32N2O4/c24-13-8-17-6-10-22(11-7-17)16-21(27)9-12-23(15-19(21)25)20(26)14-18-4-2-1-3-5-18/h1-5,17,19,24-25,27H,6-16H2/t19-,21-/m0/s1. The van der Waals surface area contributed by atoms with Gasteiger partial charge in [0.05, 0.1) is 6.42 Å². The molecule has 2 heterocycles. The lowest BCUT2D eigenvalue weighted by molar-refractivity contribution is -0.153. The number of carbonyl (C=O) groups excluding carboxylic acids is 1. The van der Waals surface area contributed by atoms with E-state index >= 15 is 0 Å².